The van der Waals surface area contributed by atoms with Crippen molar-refractivity contribution in [2.45, 2.75) is 33.2 Å². The van der Waals surface area contributed by atoms with Crippen LogP contribution in [-0.2, 0) is 20.0 Å². The summed E-state index contributed by atoms with van der Waals surface area (Å²) in [6.07, 6.45) is 3.50. The number of rotatable bonds is 7. The Morgan fingerprint density at radius 3 is 2.80 bits per heavy atom. The molecular weight excluding hydrogens is 455 g/mol. The molecule has 2 aromatic rings. The van der Waals surface area contributed by atoms with E-state index in [2.05, 4.69) is 32.3 Å². The molecule has 0 aliphatic heterocycles. The van der Waals surface area contributed by atoms with Crippen LogP contribution < -0.4 is 5.32 Å². The maximum absolute atomic E-state index is 6.05. The molecule has 0 saturated carbocycles. The zero-order chi connectivity index (χ0) is 17.5. The molecule has 2 rings (SSSR count). The zero-order valence-corrected chi connectivity index (χ0v) is 18.2. The van der Waals surface area contributed by atoms with E-state index in [0.717, 1.165) is 42.6 Å². The molecule has 0 aromatic carbocycles. The lowest BCUT2D eigenvalue weighted by atomic mass is 10.3. The van der Waals surface area contributed by atoms with Gasteiger partial charge in [0.2, 0.25) is 5.89 Å². The Morgan fingerprint density at radius 1 is 1.48 bits per heavy atom. The van der Waals surface area contributed by atoms with Gasteiger partial charge in [-0.05, 0) is 26.3 Å². The second-order valence-electron chi connectivity index (χ2n) is 5.69. The number of hydrogen-bond donors (Lipinski definition) is 1. The first-order valence-corrected chi connectivity index (χ1v) is 8.46. The first-order valence-electron chi connectivity index (χ1n) is 8.09. The molecule has 9 heteroatoms. The lowest BCUT2D eigenvalue weighted by Gasteiger charge is -2.22. The van der Waals surface area contributed by atoms with Gasteiger partial charge in [0, 0.05) is 45.5 Å². The molecule has 0 amide bonds. The minimum absolute atomic E-state index is 0. The van der Waals surface area contributed by atoms with E-state index < -0.39 is 0 Å². The topological polar surface area (TPSA) is 71.5 Å². The van der Waals surface area contributed by atoms with Crippen LogP contribution in [0.2, 0.25) is 5.02 Å². The number of aliphatic imine (C=N–C) groups is 1. The third kappa shape index (κ3) is 6.85. The molecule has 0 saturated heterocycles. The van der Waals surface area contributed by atoms with Crippen LogP contribution in [0.15, 0.2) is 21.8 Å². The smallest absolute Gasteiger partial charge is 0.226 e. The molecule has 25 heavy (non-hydrogen) atoms. The van der Waals surface area contributed by atoms with Gasteiger partial charge in [0.05, 0.1) is 11.6 Å². The zero-order valence-electron chi connectivity index (χ0n) is 15.1. The van der Waals surface area contributed by atoms with Crippen molar-refractivity contribution in [2.24, 2.45) is 12.0 Å². The summed E-state index contributed by atoms with van der Waals surface area (Å²) in [4.78, 5) is 11.0. The van der Waals surface area contributed by atoms with E-state index in [4.69, 9.17) is 16.1 Å². The van der Waals surface area contributed by atoms with Crippen molar-refractivity contribution in [3.63, 3.8) is 0 Å². The molecule has 1 N–H and O–H groups in total. The molecule has 0 aliphatic carbocycles. The molecule has 0 bridgehead atoms. The van der Waals surface area contributed by atoms with E-state index in [1.807, 2.05) is 37.8 Å². The number of aromatic nitrogens is 3. The molecule has 0 spiro atoms. The van der Waals surface area contributed by atoms with Gasteiger partial charge in [-0.3, -0.25) is 4.99 Å². The van der Waals surface area contributed by atoms with E-state index in [1.165, 1.54) is 0 Å². The van der Waals surface area contributed by atoms with E-state index in [0.29, 0.717) is 18.3 Å². The van der Waals surface area contributed by atoms with Crippen LogP contribution in [0.25, 0.3) is 0 Å². The number of guanidine groups is 1. The third-order valence-electron chi connectivity index (χ3n) is 3.55. The average molecular weight is 481 g/mol. The Kier molecular flexibility index (Phi) is 9.26. The summed E-state index contributed by atoms with van der Waals surface area (Å²) in [6, 6.07) is 1.97. The lowest BCUT2D eigenvalue weighted by molar-refractivity contribution is 0.372. The quantitative estimate of drug-likeness (QED) is 0.285. The predicted octanol–water partition coefficient (Wildman–Crippen LogP) is 3.02. The van der Waals surface area contributed by atoms with Gasteiger partial charge in [0.25, 0.3) is 0 Å². The highest BCUT2D eigenvalue weighted by molar-refractivity contribution is 14.0. The second kappa shape index (κ2) is 10.6. The van der Waals surface area contributed by atoms with Crippen LogP contribution in [0.5, 0.6) is 0 Å². The van der Waals surface area contributed by atoms with E-state index in [1.54, 1.807) is 0 Å². The minimum Gasteiger partial charge on any atom is -0.357 e. The summed E-state index contributed by atoms with van der Waals surface area (Å²) >= 11 is 6.05. The van der Waals surface area contributed by atoms with Crippen LogP contribution in [-0.4, -0.2) is 45.7 Å². The highest BCUT2D eigenvalue weighted by Gasteiger charge is 2.10. The first-order chi connectivity index (χ1) is 11.5. The second-order valence-corrected chi connectivity index (χ2v) is 6.13. The Bertz CT molecular complexity index is 684. The van der Waals surface area contributed by atoms with Gasteiger partial charge in [-0.2, -0.15) is 4.98 Å². The molecule has 7 nitrogen and oxygen atoms in total. The van der Waals surface area contributed by atoms with Crippen LogP contribution in [0.3, 0.4) is 0 Å². The normalized spacial score (nSPS) is 11.3. The fourth-order valence-corrected chi connectivity index (χ4v) is 2.64. The summed E-state index contributed by atoms with van der Waals surface area (Å²) in [5.74, 6) is 2.21. The van der Waals surface area contributed by atoms with Gasteiger partial charge in [-0.15, -0.1) is 24.0 Å². The van der Waals surface area contributed by atoms with E-state index >= 15 is 0 Å². The largest absolute Gasteiger partial charge is 0.357 e. The molecule has 2 heterocycles. The van der Waals surface area contributed by atoms with Gasteiger partial charge < -0.3 is 19.3 Å². The van der Waals surface area contributed by atoms with Gasteiger partial charge >= 0.3 is 0 Å². The summed E-state index contributed by atoms with van der Waals surface area (Å²) in [5, 5.41) is 7.85. The monoisotopic (exact) mass is 480 g/mol. The van der Waals surface area contributed by atoms with Crippen molar-refractivity contribution in [1.29, 1.82) is 0 Å². The molecule has 140 valence electrons. The number of nitrogens with zero attached hydrogens (tertiary/aromatic N) is 5. The van der Waals surface area contributed by atoms with Gasteiger partial charge in [0.15, 0.2) is 11.8 Å². The number of hydrogen-bond acceptors (Lipinski definition) is 4. The fourth-order valence-electron chi connectivity index (χ4n) is 2.37. The first kappa shape index (κ1) is 21.8. The minimum atomic E-state index is 0. The van der Waals surface area contributed by atoms with Gasteiger partial charge in [0.1, 0.15) is 0 Å². The average Bonchev–Trinajstić information content (AvgIpc) is 3.07. The Morgan fingerprint density at radius 2 is 2.24 bits per heavy atom. The Balaban J connectivity index is 0.00000312. The maximum Gasteiger partial charge on any atom is 0.226 e. The van der Waals surface area contributed by atoms with Crippen LogP contribution in [0.1, 0.15) is 30.8 Å². The van der Waals surface area contributed by atoms with Crippen molar-refractivity contribution in [1.82, 2.24) is 24.9 Å². The molecule has 0 unspecified atom stereocenters. The van der Waals surface area contributed by atoms with E-state index in [9.17, 15) is 0 Å². The standard InChI is InChI=1S/C16H25ClN6O.HI/c1-5-18-16(19-8-6-7-15-20-12(2)21-24-15)23(4)11-14-9-13(17)10-22(14)3;/h9-10H,5-8,11H2,1-4H3,(H,18,19);1H. The van der Waals surface area contributed by atoms with Crippen molar-refractivity contribution in [3.05, 3.63) is 34.7 Å². The SMILES string of the molecule is CCNC(=NCCCc1nc(C)no1)N(C)Cc1cc(Cl)cn1C.I. The fraction of sp³-hybridized carbons (Fsp3) is 0.562. The van der Waals surface area contributed by atoms with Crippen LogP contribution >= 0.6 is 35.6 Å². The number of aryl methyl sites for hydroxylation is 3. The summed E-state index contributed by atoms with van der Waals surface area (Å²) in [7, 11) is 4.01. The van der Waals surface area contributed by atoms with Crippen molar-refractivity contribution < 1.29 is 4.52 Å². The Labute approximate surface area is 170 Å². The molecule has 0 aliphatic rings. The van der Waals surface area contributed by atoms with Crippen LogP contribution in [0.4, 0.5) is 0 Å². The third-order valence-corrected chi connectivity index (χ3v) is 3.76. The molecule has 2 aromatic heterocycles. The highest BCUT2D eigenvalue weighted by atomic mass is 127. The van der Waals surface area contributed by atoms with Gasteiger partial charge in [-0.1, -0.05) is 16.8 Å². The molecular formula is C16H26ClIN6O. The maximum atomic E-state index is 6.05. The van der Waals surface area contributed by atoms with Crippen molar-refractivity contribution in [2.75, 3.05) is 20.1 Å². The van der Waals surface area contributed by atoms with Gasteiger partial charge in [-0.25, -0.2) is 0 Å². The predicted molar refractivity (Wildman–Crippen MR) is 111 cm³/mol. The molecule has 0 radical (unpaired) electrons. The van der Waals surface area contributed by atoms with Crippen LogP contribution in [0, 0.1) is 6.92 Å². The van der Waals surface area contributed by atoms with Crippen molar-refractivity contribution >= 4 is 41.5 Å². The van der Waals surface area contributed by atoms with Crippen molar-refractivity contribution in [3.8, 4) is 0 Å². The number of halogens is 2. The Hall–Kier alpha value is -1.29. The summed E-state index contributed by atoms with van der Waals surface area (Å²) in [6.45, 7) is 6.13. The highest BCUT2D eigenvalue weighted by Crippen LogP contribution is 2.14. The lowest BCUT2D eigenvalue weighted by Crippen LogP contribution is -2.38. The van der Waals surface area contributed by atoms with E-state index in [-0.39, 0.29) is 24.0 Å². The summed E-state index contributed by atoms with van der Waals surface area (Å²) in [5.41, 5.74) is 1.13. The molecule has 0 fully saturated rings. The summed E-state index contributed by atoms with van der Waals surface area (Å²) < 4.78 is 7.14. The molecule has 0 atom stereocenters. The number of nitrogens with one attached hydrogen (secondary N) is 1.